The smallest absolute Gasteiger partial charge is 0.133 e. The number of halogens is 1. The van der Waals surface area contributed by atoms with Gasteiger partial charge in [-0.1, -0.05) is 6.07 Å². The summed E-state index contributed by atoms with van der Waals surface area (Å²) in [5, 5.41) is 8.81. The van der Waals surface area contributed by atoms with E-state index >= 15 is 0 Å². The van der Waals surface area contributed by atoms with Crippen molar-refractivity contribution in [2.24, 2.45) is 0 Å². The maximum atomic E-state index is 8.81. The number of ether oxygens (including phenoxy) is 3. The first kappa shape index (κ1) is 15.2. The molecule has 4 nitrogen and oxygen atoms in total. The fourth-order valence-corrected chi connectivity index (χ4v) is 2.16. The Hall–Kier alpha value is -2.19. The Kier molecular flexibility index (Phi) is 5.47. The van der Waals surface area contributed by atoms with E-state index in [1.54, 1.807) is 25.3 Å². The highest BCUT2D eigenvalue weighted by Gasteiger charge is 2.03. The largest absolute Gasteiger partial charge is 0.497 e. The molecular formula is C16H14BrNO3. The summed E-state index contributed by atoms with van der Waals surface area (Å²) in [4.78, 5) is 0. The Morgan fingerprint density at radius 2 is 1.86 bits per heavy atom. The van der Waals surface area contributed by atoms with Gasteiger partial charge in [0.1, 0.15) is 30.5 Å². The second-order valence-electron chi connectivity index (χ2n) is 4.13. The first-order valence-electron chi connectivity index (χ1n) is 6.32. The van der Waals surface area contributed by atoms with Crippen LogP contribution in [-0.4, -0.2) is 20.3 Å². The quantitative estimate of drug-likeness (QED) is 0.746. The van der Waals surface area contributed by atoms with Gasteiger partial charge in [-0.3, -0.25) is 0 Å². The van der Waals surface area contributed by atoms with Gasteiger partial charge >= 0.3 is 0 Å². The van der Waals surface area contributed by atoms with Gasteiger partial charge in [0.05, 0.1) is 23.2 Å². The number of hydrogen-bond acceptors (Lipinski definition) is 4. The van der Waals surface area contributed by atoms with E-state index in [1.165, 1.54) is 0 Å². The fraction of sp³-hybridized carbons (Fsp3) is 0.188. The summed E-state index contributed by atoms with van der Waals surface area (Å²) in [5.74, 6) is 2.15. The molecule has 0 aliphatic carbocycles. The van der Waals surface area contributed by atoms with Crippen molar-refractivity contribution in [1.29, 1.82) is 5.26 Å². The second-order valence-corrected chi connectivity index (χ2v) is 4.99. The fourth-order valence-electron chi connectivity index (χ4n) is 1.69. The molecule has 0 saturated heterocycles. The van der Waals surface area contributed by atoms with E-state index in [2.05, 4.69) is 22.0 Å². The van der Waals surface area contributed by atoms with Crippen LogP contribution in [0.5, 0.6) is 17.2 Å². The van der Waals surface area contributed by atoms with E-state index in [0.29, 0.717) is 24.5 Å². The topological polar surface area (TPSA) is 51.5 Å². The van der Waals surface area contributed by atoms with Gasteiger partial charge in [-0.25, -0.2) is 0 Å². The van der Waals surface area contributed by atoms with Crippen LogP contribution in [0.25, 0.3) is 0 Å². The molecule has 0 unspecified atom stereocenters. The van der Waals surface area contributed by atoms with Gasteiger partial charge < -0.3 is 14.2 Å². The molecule has 0 fully saturated rings. The van der Waals surface area contributed by atoms with Crippen molar-refractivity contribution in [2.45, 2.75) is 0 Å². The highest BCUT2D eigenvalue weighted by atomic mass is 79.9. The van der Waals surface area contributed by atoms with Crippen molar-refractivity contribution >= 4 is 15.9 Å². The molecule has 2 aromatic carbocycles. The van der Waals surface area contributed by atoms with Crippen molar-refractivity contribution in [3.05, 3.63) is 52.5 Å². The molecular weight excluding hydrogens is 334 g/mol. The van der Waals surface area contributed by atoms with Crippen LogP contribution >= 0.6 is 15.9 Å². The van der Waals surface area contributed by atoms with Crippen molar-refractivity contribution in [2.75, 3.05) is 20.3 Å². The first-order valence-corrected chi connectivity index (χ1v) is 7.11. The van der Waals surface area contributed by atoms with Gasteiger partial charge in [0.15, 0.2) is 0 Å². The van der Waals surface area contributed by atoms with Crippen LogP contribution in [0.15, 0.2) is 46.9 Å². The number of benzene rings is 2. The zero-order valence-corrected chi connectivity index (χ0v) is 13.1. The van der Waals surface area contributed by atoms with Crippen molar-refractivity contribution in [3.8, 4) is 23.3 Å². The molecule has 0 amide bonds. The Morgan fingerprint density at radius 3 is 2.57 bits per heavy atom. The molecule has 2 aromatic rings. The Balaban J connectivity index is 1.83. The normalized spacial score (nSPS) is 9.76. The standard InChI is InChI=1S/C16H14BrNO3/c1-19-13-5-6-16(15(17)10-13)21-8-7-20-14-4-2-3-12(9-14)11-18/h2-6,9-10H,7-8H2,1H3. The Labute approximate surface area is 132 Å². The number of methoxy groups -OCH3 is 1. The third-order valence-electron chi connectivity index (χ3n) is 2.71. The van der Waals surface area contributed by atoms with Gasteiger partial charge in [0.2, 0.25) is 0 Å². The molecule has 0 aliphatic rings. The minimum absolute atomic E-state index is 0.396. The summed E-state index contributed by atoms with van der Waals surface area (Å²) in [5.41, 5.74) is 0.575. The molecule has 0 bridgehead atoms. The lowest BCUT2D eigenvalue weighted by atomic mass is 10.2. The van der Waals surface area contributed by atoms with Gasteiger partial charge in [0.25, 0.3) is 0 Å². The predicted molar refractivity (Wildman–Crippen MR) is 82.8 cm³/mol. The van der Waals surface area contributed by atoms with Crippen molar-refractivity contribution in [3.63, 3.8) is 0 Å². The summed E-state index contributed by atoms with van der Waals surface area (Å²) >= 11 is 3.42. The zero-order valence-electron chi connectivity index (χ0n) is 11.5. The minimum atomic E-state index is 0.396. The van der Waals surface area contributed by atoms with Crippen LogP contribution in [0, 0.1) is 11.3 Å². The van der Waals surface area contributed by atoms with E-state index in [4.69, 9.17) is 19.5 Å². The van der Waals surface area contributed by atoms with Crippen LogP contribution < -0.4 is 14.2 Å². The number of nitriles is 1. The number of hydrogen-bond donors (Lipinski definition) is 0. The van der Waals surface area contributed by atoms with Crippen LogP contribution in [0.1, 0.15) is 5.56 Å². The van der Waals surface area contributed by atoms with Crippen molar-refractivity contribution < 1.29 is 14.2 Å². The molecule has 0 radical (unpaired) electrons. The highest BCUT2D eigenvalue weighted by Crippen LogP contribution is 2.29. The summed E-state index contributed by atoms with van der Waals surface area (Å²) in [6, 6.07) is 14.6. The Morgan fingerprint density at radius 1 is 1.05 bits per heavy atom. The van der Waals surface area contributed by atoms with E-state index in [1.807, 2.05) is 24.3 Å². The third kappa shape index (κ3) is 4.40. The summed E-state index contributed by atoms with van der Waals surface area (Å²) in [6.07, 6.45) is 0. The summed E-state index contributed by atoms with van der Waals surface area (Å²) in [7, 11) is 1.62. The second kappa shape index (κ2) is 7.55. The molecule has 0 aromatic heterocycles. The van der Waals surface area contributed by atoms with Gasteiger partial charge in [0, 0.05) is 0 Å². The molecule has 0 heterocycles. The van der Waals surface area contributed by atoms with Crippen LogP contribution in [0.4, 0.5) is 0 Å². The highest BCUT2D eigenvalue weighted by molar-refractivity contribution is 9.10. The average molecular weight is 348 g/mol. The lowest BCUT2D eigenvalue weighted by Gasteiger charge is -2.10. The molecule has 2 rings (SSSR count). The molecule has 0 spiro atoms. The summed E-state index contributed by atoms with van der Waals surface area (Å²) in [6.45, 7) is 0.801. The molecule has 21 heavy (non-hydrogen) atoms. The van der Waals surface area contributed by atoms with E-state index in [0.717, 1.165) is 16.0 Å². The lowest BCUT2D eigenvalue weighted by Crippen LogP contribution is -2.09. The monoisotopic (exact) mass is 347 g/mol. The Bertz CT molecular complexity index is 652. The average Bonchev–Trinajstić information content (AvgIpc) is 2.52. The lowest BCUT2D eigenvalue weighted by molar-refractivity contribution is 0.216. The van der Waals surface area contributed by atoms with Crippen LogP contribution in [0.2, 0.25) is 0 Å². The van der Waals surface area contributed by atoms with E-state index < -0.39 is 0 Å². The molecule has 0 aliphatic heterocycles. The van der Waals surface area contributed by atoms with Gasteiger partial charge in [-0.2, -0.15) is 5.26 Å². The molecule has 0 saturated carbocycles. The molecule has 0 atom stereocenters. The minimum Gasteiger partial charge on any atom is -0.497 e. The van der Waals surface area contributed by atoms with E-state index in [-0.39, 0.29) is 0 Å². The van der Waals surface area contributed by atoms with Gasteiger partial charge in [-0.05, 0) is 52.3 Å². The maximum Gasteiger partial charge on any atom is 0.133 e. The first-order chi connectivity index (χ1) is 10.2. The number of nitrogens with zero attached hydrogens (tertiary/aromatic N) is 1. The maximum absolute atomic E-state index is 8.81. The summed E-state index contributed by atoms with van der Waals surface area (Å²) < 4.78 is 17.1. The van der Waals surface area contributed by atoms with Gasteiger partial charge in [-0.15, -0.1) is 0 Å². The molecule has 5 heteroatoms. The number of rotatable bonds is 6. The molecule has 0 N–H and O–H groups in total. The van der Waals surface area contributed by atoms with Crippen LogP contribution in [0.3, 0.4) is 0 Å². The zero-order chi connectivity index (χ0) is 15.1. The molecule has 108 valence electrons. The van der Waals surface area contributed by atoms with Crippen LogP contribution in [-0.2, 0) is 0 Å². The third-order valence-corrected chi connectivity index (χ3v) is 3.33. The predicted octanol–water partition coefficient (Wildman–Crippen LogP) is 3.79. The van der Waals surface area contributed by atoms with E-state index in [9.17, 15) is 0 Å². The SMILES string of the molecule is COc1ccc(OCCOc2cccc(C#N)c2)c(Br)c1. The van der Waals surface area contributed by atoms with Crippen molar-refractivity contribution in [1.82, 2.24) is 0 Å².